The number of methoxy groups -OCH3 is 2. The largest absolute Gasteiger partial charge is 0.496 e. The van der Waals surface area contributed by atoms with Crippen molar-refractivity contribution in [2.45, 2.75) is 0 Å². The van der Waals surface area contributed by atoms with Gasteiger partial charge >= 0.3 is 0 Å². The second-order valence-electron chi connectivity index (χ2n) is 6.03. The molecule has 29 heavy (non-hydrogen) atoms. The summed E-state index contributed by atoms with van der Waals surface area (Å²) in [5, 5.41) is 3.02. The zero-order valence-electron chi connectivity index (χ0n) is 15.9. The second kappa shape index (κ2) is 9.45. The Morgan fingerprint density at radius 1 is 1.10 bits per heavy atom. The standard InChI is InChI=1S/C21H20ClFN2O4/c1-27-9-10-29-19-6-5-14(11-17(19)23)24-21(26)15-12-16(22)18(13-20(15)28-2)25-7-3-4-8-25/h3-8,11-13H,9-10H2,1-2H3,(H,24,26). The molecule has 8 heteroatoms. The fraction of sp³-hybridized carbons (Fsp3) is 0.190. The van der Waals surface area contributed by atoms with Gasteiger partial charge < -0.3 is 24.1 Å². The zero-order chi connectivity index (χ0) is 20.8. The van der Waals surface area contributed by atoms with Crippen molar-refractivity contribution in [1.29, 1.82) is 0 Å². The summed E-state index contributed by atoms with van der Waals surface area (Å²) in [6.45, 7) is 0.569. The van der Waals surface area contributed by atoms with Gasteiger partial charge in [-0.1, -0.05) is 11.6 Å². The van der Waals surface area contributed by atoms with E-state index in [1.54, 1.807) is 12.1 Å². The average molecular weight is 419 g/mol. The van der Waals surface area contributed by atoms with Crippen molar-refractivity contribution in [2.75, 3.05) is 32.8 Å². The minimum Gasteiger partial charge on any atom is -0.496 e. The third kappa shape index (κ3) is 4.88. The number of amides is 1. The quantitative estimate of drug-likeness (QED) is 0.545. The van der Waals surface area contributed by atoms with Crippen molar-refractivity contribution in [3.05, 3.63) is 71.3 Å². The van der Waals surface area contributed by atoms with Gasteiger partial charge in [0.25, 0.3) is 5.91 Å². The molecule has 1 heterocycles. The number of nitrogens with one attached hydrogen (secondary N) is 1. The average Bonchev–Trinajstić information content (AvgIpc) is 3.24. The molecule has 0 fully saturated rings. The number of aromatic nitrogens is 1. The van der Waals surface area contributed by atoms with E-state index in [2.05, 4.69) is 5.32 Å². The predicted octanol–water partition coefficient (Wildman–Crippen LogP) is 4.56. The number of anilines is 1. The van der Waals surface area contributed by atoms with Crippen LogP contribution >= 0.6 is 11.6 Å². The maximum atomic E-state index is 14.2. The van der Waals surface area contributed by atoms with Crippen LogP contribution in [0.1, 0.15) is 10.4 Å². The van der Waals surface area contributed by atoms with E-state index in [1.807, 2.05) is 29.1 Å². The second-order valence-corrected chi connectivity index (χ2v) is 6.44. The Morgan fingerprint density at radius 2 is 1.86 bits per heavy atom. The van der Waals surface area contributed by atoms with Gasteiger partial charge in [0.2, 0.25) is 0 Å². The van der Waals surface area contributed by atoms with Gasteiger partial charge in [0.1, 0.15) is 12.4 Å². The lowest BCUT2D eigenvalue weighted by atomic mass is 10.1. The van der Waals surface area contributed by atoms with Crippen LogP contribution in [0.4, 0.5) is 10.1 Å². The molecular formula is C21H20ClFN2O4. The molecule has 1 amide bonds. The highest BCUT2D eigenvalue weighted by atomic mass is 35.5. The molecule has 3 aromatic rings. The van der Waals surface area contributed by atoms with Gasteiger partial charge in [0.15, 0.2) is 11.6 Å². The van der Waals surface area contributed by atoms with E-state index in [9.17, 15) is 9.18 Å². The minimum atomic E-state index is -0.591. The van der Waals surface area contributed by atoms with E-state index in [4.69, 9.17) is 25.8 Å². The molecule has 0 bridgehead atoms. The van der Waals surface area contributed by atoms with Gasteiger partial charge in [-0.15, -0.1) is 0 Å². The number of carbonyl (C=O) groups excluding carboxylic acids is 1. The summed E-state index contributed by atoms with van der Waals surface area (Å²) in [7, 11) is 3.00. The van der Waals surface area contributed by atoms with Gasteiger partial charge in [0, 0.05) is 37.3 Å². The van der Waals surface area contributed by atoms with Crippen LogP contribution < -0.4 is 14.8 Å². The Morgan fingerprint density at radius 3 is 2.52 bits per heavy atom. The van der Waals surface area contributed by atoms with Crippen molar-refractivity contribution in [1.82, 2.24) is 4.57 Å². The fourth-order valence-corrected chi connectivity index (χ4v) is 2.97. The number of hydrogen-bond donors (Lipinski definition) is 1. The number of halogens is 2. The third-order valence-corrected chi connectivity index (χ3v) is 4.43. The van der Waals surface area contributed by atoms with E-state index < -0.39 is 11.7 Å². The monoisotopic (exact) mass is 418 g/mol. The van der Waals surface area contributed by atoms with Crippen molar-refractivity contribution in [2.24, 2.45) is 0 Å². The molecule has 6 nitrogen and oxygen atoms in total. The molecule has 0 spiro atoms. The molecule has 1 N–H and O–H groups in total. The lowest BCUT2D eigenvalue weighted by Gasteiger charge is -2.14. The summed E-state index contributed by atoms with van der Waals surface area (Å²) in [5.41, 5.74) is 1.18. The molecule has 0 saturated carbocycles. The number of nitrogens with zero attached hydrogens (tertiary/aromatic N) is 1. The van der Waals surface area contributed by atoms with Crippen LogP contribution in [-0.2, 0) is 4.74 Å². The molecule has 1 aromatic heterocycles. The highest BCUT2D eigenvalue weighted by Gasteiger charge is 2.17. The van der Waals surface area contributed by atoms with Crippen LogP contribution in [0.25, 0.3) is 5.69 Å². The van der Waals surface area contributed by atoms with E-state index in [-0.39, 0.29) is 23.6 Å². The molecule has 0 radical (unpaired) electrons. The van der Waals surface area contributed by atoms with Crippen molar-refractivity contribution in [3.63, 3.8) is 0 Å². The molecule has 0 atom stereocenters. The highest BCUT2D eigenvalue weighted by molar-refractivity contribution is 6.33. The third-order valence-electron chi connectivity index (χ3n) is 4.13. The molecule has 0 saturated heterocycles. The first-order valence-corrected chi connectivity index (χ1v) is 9.14. The van der Waals surface area contributed by atoms with Crippen molar-refractivity contribution in [3.8, 4) is 17.2 Å². The van der Waals surface area contributed by atoms with Gasteiger partial charge in [-0.05, 0) is 30.3 Å². The summed E-state index contributed by atoms with van der Waals surface area (Å²) in [6, 6.07) is 11.1. The van der Waals surface area contributed by atoms with Crippen LogP contribution in [0.2, 0.25) is 5.02 Å². The van der Waals surface area contributed by atoms with Gasteiger partial charge in [0.05, 0.1) is 30.0 Å². The van der Waals surface area contributed by atoms with E-state index in [0.717, 1.165) is 0 Å². The summed E-state index contributed by atoms with van der Waals surface area (Å²) < 4.78 is 31.5. The SMILES string of the molecule is COCCOc1ccc(NC(=O)c2cc(Cl)c(-n3cccc3)cc2OC)cc1F. The zero-order valence-corrected chi connectivity index (χ0v) is 16.7. The molecule has 152 valence electrons. The molecular weight excluding hydrogens is 399 g/mol. The van der Waals surface area contributed by atoms with Gasteiger partial charge in [-0.3, -0.25) is 4.79 Å². The topological polar surface area (TPSA) is 61.7 Å². The van der Waals surface area contributed by atoms with Crippen LogP contribution in [0.3, 0.4) is 0 Å². The smallest absolute Gasteiger partial charge is 0.259 e. The maximum absolute atomic E-state index is 14.2. The first-order valence-electron chi connectivity index (χ1n) is 8.77. The number of hydrogen-bond acceptors (Lipinski definition) is 4. The minimum absolute atomic E-state index is 0.0803. The number of rotatable bonds is 8. The van der Waals surface area contributed by atoms with Crippen molar-refractivity contribution < 1.29 is 23.4 Å². The maximum Gasteiger partial charge on any atom is 0.259 e. The van der Waals surface area contributed by atoms with Gasteiger partial charge in [-0.2, -0.15) is 0 Å². The first-order chi connectivity index (χ1) is 14.0. The predicted molar refractivity (Wildman–Crippen MR) is 109 cm³/mol. The van der Waals surface area contributed by atoms with E-state index >= 15 is 0 Å². The molecule has 0 aliphatic heterocycles. The molecule has 0 aliphatic rings. The summed E-state index contributed by atoms with van der Waals surface area (Å²) in [4.78, 5) is 12.7. The number of carbonyl (C=O) groups is 1. The van der Waals surface area contributed by atoms with Crippen molar-refractivity contribution >= 4 is 23.2 Å². The van der Waals surface area contributed by atoms with Gasteiger partial charge in [-0.25, -0.2) is 4.39 Å². The Bertz CT molecular complexity index is 993. The first kappa shape index (κ1) is 20.7. The van der Waals surface area contributed by atoms with Crippen LogP contribution in [0, 0.1) is 5.82 Å². The molecule has 0 aliphatic carbocycles. The number of ether oxygens (including phenoxy) is 3. The molecule has 0 unspecified atom stereocenters. The lowest BCUT2D eigenvalue weighted by Crippen LogP contribution is -2.14. The Hall–Kier alpha value is -3.03. The summed E-state index contributed by atoms with van der Waals surface area (Å²) >= 11 is 6.36. The number of benzene rings is 2. The lowest BCUT2D eigenvalue weighted by molar-refractivity contribution is 0.102. The van der Waals surface area contributed by atoms with Crippen LogP contribution in [0.5, 0.6) is 11.5 Å². The summed E-state index contributed by atoms with van der Waals surface area (Å²) in [6.07, 6.45) is 3.67. The Balaban J connectivity index is 1.80. The highest BCUT2D eigenvalue weighted by Crippen LogP contribution is 2.31. The summed E-state index contributed by atoms with van der Waals surface area (Å²) in [5.74, 6) is -0.644. The normalized spacial score (nSPS) is 10.6. The Labute approximate surface area is 172 Å². The fourth-order valence-electron chi connectivity index (χ4n) is 2.71. The van der Waals surface area contributed by atoms with E-state index in [1.165, 1.54) is 32.4 Å². The van der Waals surface area contributed by atoms with Crippen LogP contribution in [0.15, 0.2) is 54.9 Å². The van der Waals surface area contributed by atoms with E-state index in [0.29, 0.717) is 23.1 Å². The molecule has 2 aromatic carbocycles. The Kier molecular flexibility index (Phi) is 6.74. The van der Waals surface area contributed by atoms with Crippen LogP contribution in [-0.4, -0.2) is 37.9 Å². The molecule has 3 rings (SSSR count).